The van der Waals surface area contributed by atoms with Crippen LogP contribution in [0.25, 0.3) is 11.2 Å². The number of amides is 1. The molecular formula is C32H34N10O4. The van der Waals surface area contributed by atoms with Gasteiger partial charge in [-0.3, -0.25) is 24.2 Å². The number of aromatic amines is 1. The van der Waals surface area contributed by atoms with Crippen LogP contribution in [0.15, 0.2) is 81.3 Å². The van der Waals surface area contributed by atoms with Crippen LogP contribution in [0.5, 0.6) is 0 Å². The molecule has 2 aromatic heterocycles. The summed E-state index contributed by atoms with van der Waals surface area (Å²) in [6.07, 6.45) is 3.23. The first-order chi connectivity index (χ1) is 21.6. The number of nitrogen functional groups attached to an aromatic ring is 1. The van der Waals surface area contributed by atoms with Crippen LogP contribution in [0.3, 0.4) is 0 Å². The Morgan fingerprint density at radius 1 is 0.891 bits per heavy atom. The quantitative estimate of drug-likeness (QED) is 0.181. The number of H-pyrrole nitrogens is 1. The van der Waals surface area contributed by atoms with Crippen LogP contribution < -0.4 is 27.2 Å². The Kier molecular flexibility index (Phi) is 10.1. The molecule has 0 spiro atoms. The minimum Gasteiger partial charge on any atom is -0.381 e. The van der Waals surface area contributed by atoms with Gasteiger partial charge in [-0.05, 0) is 74.9 Å². The van der Waals surface area contributed by atoms with Crippen molar-refractivity contribution in [1.29, 1.82) is 0 Å². The summed E-state index contributed by atoms with van der Waals surface area (Å²) in [7, 11) is 0. The van der Waals surface area contributed by atoms with Crippen molar-refractivity contribution < 1.29 is 14.4 Å². The lowest BCUT2D eigenvalue weighted by atomic mass is 9.98. The molecule has 1 amide bonds. The van der Waals surface area contributed by atoms with E-state index in [1.165, 1.54) is 20.0 Å². The van der Waals surface area contributed by atoms with Crippen LogP contribution in [0.1, 0.15) is 54.6 Å². The number of carbonyl (C=O) groups is 3. The van der Waals surface area contributed by atoms with Gasteiger partial charge in [0, 0.05) is 35.2 Å². The molecule has 236 valence electrons. The number of nitrogens with one attached hydrogen (secondary N) is 4. The number of ketones is 2. The lowest BCUT2D eigenvalue weighted by Gasteiger charge is -2.20. The van der Waals surface area contributed by atoms with Crippen LogP contribution in [0, 0.1) is 5.92 Å². The first-order valence-electron chi connectivity index (χ1n) is 13.9. The van der Waals surface area contributed by atoms with Crippen molar-refractivity contribution in [3.63, 3.8) is 0 Å². The molecule has 2 aliphatic heterocycles. The maximum atomic E-state index is 12.0. The second kappa shape index (κ2) is 14.2. The van der Waals surface area contributed by atoms with E-state index in [4.69, 9.17) is 5.73 Å². The number of anilines is 3. The highest BCUT2D eigenvalue weighted by molar-refractivity contribution is 6.19. The Morgan fingerprint density at radius 2 is 1.48 bits per heavy atom. The zero-order valence-corrected chi connectivity index (χ0v) is 24.7. The number of Topliss-reactive ketones (excluding diaryl/α,β-unsaturated/α-hetero) is 2. The number of hydrogen-bond acceptors (Lipinski definition) is 12. The van der Waals surface area contributed by atoms with Gasteiger partial charge in [0.2, 0.25) is 11.9 Å². The molecule has 6 rings (SSSR count). The molecular weight excluding hydrogens is 588 g/mol. The molecule has 0 bridgehead atoms. The number of benzene rings is 2. The molecule has 1 atom stereocenters. The Hall–Kier alpha value is -6.05. The normalized spacial score (nSPS) is 14.7. The summed E-state index contributed by atoms with van der Waals surface area (Å²) in [5, 5.41) is 9.11. The highest BCUT2D eigenvalue weighted by Gasteiger charge is 2.34. The fraction of sp³-hybridized carbons (Fsp3) is 0.219. The molecule has 0 saturated carbocycles. The number of amidine groups is 2. The van der Waals surface area contributed by atoms with Gasteiger partial charge in [0.15, 0.2) is 22.7 Å². The number of aromatic nitrogens is 4. The van der Waals surface area contributed by atoms with E-state index < -0.39 is 11.5 Å². The molecule has 14 heteroatoms. The minimum absolute atomic E-state index is 0. The summed E-state index contributed by atoms with van der Waals surface area (Å²) in [6, 6.07) is 14.3. The SMILES string of the molecule is C.CC(=O)c1ccc(NCC2=CN=C3N=C(C)NC(=O)C23)cc1.CC(=O)c1ccc(NCc2cnc3nc(N)[nH]c(=O)c3n2)cc1. The Labute approximate surface area is 264 Å². The zero-order chi connectivity index (χ0) is 32.1. The minimum atomic E-state index is -0.423. The summed E-state index contributed by atoms with van der Waals surface area (Å²) in [4.78, 5) is 69.4. The van der Waals surface area contributed by atoms with Crippen molar-refractivity contribution in [1.82, 2.24) is 25.3 Å². The van der Waals surface area contributed by atoms with Gasteiger partial charge in [0.05, 0.1) is 18.4 Å². The summed E-state index contributed by atoms with van der Waals surface area (Å²) in [5.41, 5.74) is 9.89. The fourth-order valence-corrected chi connectivity index (χ4v) is 4.54. The first-order valence-corrected chi connectivity index (χ1v) is 13.9. The second-order valence-corrected chi connectivity index (χ2v) is 10.3. The molecule has 0 saturated heterocycles. The third kappa shape index (κ3) is 7.72. The van der Waals surface area contributed by atoms with E-state index in [-0.39, 0.29) is 42.0 Å². The highest BCUT2D eigenvalue weighted by atomic mass is 16.2. The van der Waals surface area contributed by atoms with E-state index in [0.29, 0.717) is 41.6 Å². The maximum absolute atomic E-state index is 12.0. The lowest BCUT2D eigenvalue weighted by molar-refractivity contribution is -0.120. The summed E-state index contributed by atoms with van der Waals surface area (Å²) < 4.78 is 0. The van der Waals surface area contributed by atoms with Crippen molar-refractivity contribution in [2.75, 3.05) is 22.9 Å². The molecule has 4 aromatic rings. The number of nitrogens with zero attached hydrogens (tertiary/aromatic N) is 5. The van der Waals surface area contributed by atoms with Crippen LogP contribution in [-0.4, -0.2) is 55.6 Å². The lowest BCUT2D eigenvalue weighted by Crippen LogP contribution is -2.43. The molecule has 46 heavy (non-hydrogen) atoms. The van der Waals surface area contributed by atoms with E-state index in [9.17, 15) is 19.2 Å². The van der Waals surface area contributed by atoms with Gasteiger partial charge in [-0.1, -0.05) is 7.43 Å². The Morgan fingerprint density at radius 3 is 2.07 bits per heavy atom. The number of carbonyl (C=O) groups excluding carboxylic acids is 3. The van der Waals surface area contributed by atoms with Crippen molar-refractivity contribution in [3.8, 4) is 0 Å². The topological polar surface area (TPSA) is 210 Å². The van der Waals surface area contributed by atoms with Crippen LogP contribution in [0.2, 0.25) is 0 Å². The molecule has 6 N–H and O–H groups in total. The van der Waals surface area contributed by atoms with Gasteiger partial charge in [-0.15, -0.1) is 0 Å². The van der Waals surface area contributed by atoms with Crippen molar-refractivity contribution in [3.05, 3.63) is 93.7 Å². The molecule has 0 aliphatic carbocycles. The molecule has 0 fully saturated rings. The average Bonchev–Trinajstić information content (AvgIpc) is 3.43. The van der Waals surface area contributed by atoms with Crippen LogP contribution >= 0.6 is 0 Å². The Bertz CT molecular complexity index is 1940. The van der Waals surface area contributed by atoms with Gasteiger partial charge in [0.25, 0.3) is 5.56 Å². The van der Waals surface area contributed by atoms with E-state index in [2.05, 4.69) is 45.9 Å². The maximum Gasteiger partial charge on any atom is 0.280 e. The predicted molar refractivity (Wildman–Crippen MR) is 178 cm³/mol. The number of nitrogens with two attached hydrogens (primary N) is 1. The van der Waals surface area contributed by atoms with Crippen LogP contribution in [0.4, 0.5) is 17.3 Å². The molecule has 2 aromatic carbocycles. The van der Waals surface area contributed by atoms with Crippen molar-refractivity contribution in [2.45, 2.75) is 34.7 Å². The molecule has 14 nitrogen and oxygen atoms in total. The number of hydrogen-bond donors (Lipinski definition) is 5. The van der Waals surface area contributed by atoms with E-state index in [0.717, 1.165) is 16.9 Å². The third-order valence-electron chi connectivity index (χ3n) is 6.88. The van der Waals surface area contributed by atoms with Gasteiger partial charge >= 0.3 is 0 Å². The monoisotopic (exact) mass is 622 g/mol. The second-order valence-electron chi connectivity index (χ2n) is 10.3. The standard InChI is InChI=1S/C16H16N4O2.C15H14N6O2.CH4/c1-9(21)11-3-5-13(6-4-11)17-7-12-8-18-15-14(12)16(22)20-10(2)19-15;1-8(22)9-2-4-10(5-3-9)17-6-11-7-18-13-12(19-11)14(23)21-15(16)20-13;/h3-6,8,14,17H,7H2,1-2H3,(H,18,19,20,22);2-5,7,17H,6H2,1H3,(H3,16,18,20,21,23);1H4. The number of rotatable bonds is 8. The summed E-state index contributed by atoms with van der Waals surface area (Å²) >= 11 is 0. The van der Waals surface area contributed by atoms with Gasteiger partial charge in [0.1, 0.15) is 17.6 Å². The smallest absolute Gasteiger partial charge is 0.280 e. The predicted octanol–water partition coefficient (Wildman–Crippen LogP) is 3.51. The highest BCUT2D eigenvalue weighted by Crippen LogP contribution is 2.24. The summed E-state index contributed by atoms with van der Waals surface area (Å²) in [6.45, 7) is 5.68. The van der Waals surface area contributed by atoms with Crippen molar-refractivity contribution in [2.24, 2.45) is 15.9 Å². The van der Waals surface area contributed by atoms with E-state index in [1.54, 1.807) is 49.5 Å². The number of fused-ring (bicyclic) bond motifs is 2. The van der Waals surface area contributed by atoms with Crippen molar-refractivity contribution >= 4 is 57.6 Å². The molecule has 4 heterocycles. The van der Waals surface area contributed by atoms with Gasteiger partial charge in [-0.25, -0.2) is 20.0 Å². The molecule has 0 radical (unpaired) electrons. The van der Waals surface area contributed by atoms with Crippen LogP contribution in [-0.2, 0) is 11.3 Å². The Balaban J connectivity index is 0.000000205. The zero-order valence-electron chi connectivity index (χ0n) is 24.7. The number of aliphatic imine (C=N–C) groups is 2. The van der Waals surface area contributed by atoms with Gasteiger partial charge in [-0.2, -0.15) is 4.98 Å². The molecule has 1 unspecified atom stereocenters. The van der Waals surface area contributed by atoms with Gasteiger partial charge < -0.3 is 21.7 Å². The fourth-order valence-electron chi connectivity index (χ4n) is 4.54. The average molecular weight is 623 g/mol. The third-order valence-corrected chi connectivity index (χ3v) is 6.88. The van der Waals surface area contributed by atoms with E-state index >= 15 is 0 Å². The first kappa shape index (κ1) is 32.9. The largest absolute Gasteiger partial charge is 0.381 e. The summed E-state index contributed by atoms with van der Waals surface area (Å²) in [5.74, 6) is 0.676. The molecule has 2 aliphatic rings. The van der Waals surface area contributed by atoms with E-state index in [1.807, 2.05) is 12.1 Å².